The van der Waals surface area contributed by atoms with Crippen LogP contribution in [0.1, 0.15) is 51.0 Å². The van der Waals surface area contributed by atoms with Gasteiger partial charge in [-0.05, 0) is 56.2 Å². The Balaban J connectivity index is 2.57. The van der Waals surface area contributed by atoms with Crippen LogP contribution in [0.2, 0.25) is 0 Å². The standard InChI is InChI=1S/C22H25F5O4S/c1-3-17(6-4-14(2)22(25,26)27)32(30,31)21(18-13-16(23)5-7-19(18)24)10-8-15(9-11-21)12-20(28)29/h3,5-7,13-15H,1,4,8-12H2,2H3,(H,28,29)/b17-6+. The van der Waals surface area contributed by atoms with Crippen LogP contribution in [0.15, 0.2) is 41.8 Å². The molecule has 1 fully saturated rings. The zero-order valence-corrected chi connectivity index (χ0v) is 18.3. The molecule has 1 saturated carbocycles. The fourth-order valence-electron chi connectivity index (χ4n) is 4.08. The lowest BCUT2D eigenvalue weighted by Gasteiger charge is -2.40. The van der Waals surface area contributed by atoms with Crippen molar-refractivity contribution in [2.45, 2.75) is 56.4 Å². The van der Waals surface area contributed by atoms with Gasteiger partial charge in [-0.15, -0.1) is 0 Å². The number of benzene rings is 1. The molecule has 1 N–H and O–H groups in total. The van der Waals surface area contributed by atoms with Crippen LogP contribution in [0.5, 0.6) is 0 Å². The number of carboxylic acid groups (broad SMARTS) is 1. The zero-order chi connectivity index (χ0) is 24.3. The summed E-state index contributed by atoms with van der Waals surface area (Å²) >= 11 is 0. The molecule has 4 nitrogen and oxygen atoms in total. The molecule has 0 radical (unpaired) electrons. The van der Waals surface area contributed by atoms with Gasteiger partial charge in [-0.3, -0.25) is 4.79 Å². The average molecular weight is 480 g/mol. The predicted molar refractivity (Wildman–Crippen MR) is 109 cm³/mol. The maximum absolute atomic E-state index is 14.8. The van der Waals surface area contributed by atoms with Gasteiger partial charge in [-0.25, -0.2) is 17.2 Å². The molecule has 1 unspecified atom stereocenters. The number of rotatable bonds is 8. The Morgan fingerprint density at radius 1 is 1.28 bits per heavy atom. The fourth-order valence-corrected chi connectivity index (χ4v) is 6.28. The first-order valence-electron chi connectivity index (χ1n) is 10.1. The van der Waals surface area contributed by atoms with Gasteiger partial charge < -0.3 is 5.11 Å². The van der Waals surface area contributed by atoms with E-state index >= 15 is 0 Å². The van der Waals surface area contributed by atoms with Gasteiger partial charge in [0.05, 0.1) is 10.8 Å². The Labute approximate surface area is 183 Å². The number of hydrogen-bond donors (Lipinski definition) is 1. The summed E-state index contributed by atoms with van der Waals surface area (Å²) in [6.45, 7) is 4.31. The molecule has 10 heteroatoms. The van der Waals surface area contributed by atoms with Crippen LogP contribution in [-0.4, -0.2) is 25.7 Å². The second kappa shape index (κ2) is 9.72. The summed E-state index contributed by atoms with van der Waals surface area (Å²) in [7, 11) is -4.50. The van der Waals surface area contributed by atoms with Crippen molar-refractivity contribution in [2.75, 3.05) is 0 Å². The third-order valence-corrected chi connectivity index (χ3v) is 8.66. The number of allylic oxidation sites excluding steroid dienone is 2. The Morgan fingerprint density at radius 3 is 2.38 bits per heavy atom. The molecule has 2 rings (SSSR count). The molecular weight excluding hydrogens is 455 g/mol. The summed E-state index contributed by atoms with van der Waals surface area (Å²) in [6, 6.07) is 2.42. The van der Waals surface area contributed by atoms with Crippen LogP contribution in [-0.2, 0) is 19.4 Å². The number of carboxylic acids is 1. The van der Waals surface area contributed by atoms with Crippen LogP contribution < -0.4 is 0 Å². The summed E-state index contributed by atoms with van der Waals surface area (Å²) < 4.78 is 92.8. The first-order valence-corrected chi connectivity index (χ1v) is 11.5. The molecule has 0 bridgehead atoms. The second-order valence-corrected chi connectivity index (χ2v) is 10.4. The number of halogens is 5. The minimum atomic E-state index is -4.53. The van der Waals surface area contributed by atoms with Gasteiger partial charge in [0.25, 0.3) is 0 Å². The molecule has 0 aliphatic heterocycles. The van der Waals surface area contributed by atoms with Crippen molar-refractivity contribution in [1.82, 2.24) is 0 Å². The first kappa shape index (κ1) is 26.0. The Bertz CT molecular complexity index is 990. The van der Waals surface area contributed by atoms with Crippen molar-refractivity contribution in [3.8, 4) is 0 Å². The van der Waals surface area contributed by atoms with Gasteiger partial charge in [0, 0.05) is 12.0 Å². The van der Waals surface area contributed by atoms with Gasteiger partial charge in [-0.2, -0.15) is 13.2 Å². The van der Waals surface area contributed by atoms with Crippen LogP contribution in [0.25, 0.3) is 0 Å². The van der Waals surface area contributed by atoms with E-state index in [2.05, 4.69) is 6.58 Å². The highest BCUT2D eigenvalue weighted by molar-refractivity contribution is 7.96. The first-order chi connectivity index (χ1) is 14.7. The molecule has 32 heavy (non-hydrogen) atoms. The Kier molecular flexibility index (Phi) is 7.91. The highest BCUT2D eigenvalue weighted by Crippen LogP contribution is 2.50. The molecule has 1 atom stereocenters. The van der Waals surface area contributed by atoms with Gasteiger partial charge in [0.15, 0.2) is 9.84 Å². The minimum Gasteiger partial charge on any atom is -0.481 e. The summed E-state index contributed by atoms with van der Waals surface area (Å²) in [4.78, 5) is 10.5. The number of hydrogen-bond acceptors (Lipinski definition) is 3. The number of alkyl halides is 3. The minimum absolute atomic E-state index is 0.116. The molecular formula is C22H25F5O4S. The average Bonchev–Trinajstić information content (AvgIpc) is 2.69. The smallest absolute Gasteiger partial charge is 0.391 e. The molecule has 0 aromatic heterocycles. The fraction of sp³-hybridized carbons (Fsp3) is 0.500. The summed E-state index contributed by atoms with van der Waals surface area (Å²) in [5.74, 6) is -5.05. The van der Waals surface area contributed by atoms with Gasteiger partial charge in [0.2, 0.25) is 0 Å². The van der Waals surface area contributed by atoms with Crippen molar-refractivity contribution in [3.63, 3.8) is 0 Å². The number of carbonyl (C=O) groups is 1. The van der Waals surface area contributed by atoms with E-state index in [9.17, 15) is 35.2 Å². The summed E-state index contributed by atoms with van der Waals surface area (Å²) in [5.41, 5.74) is -0.414. The predicted octanol–water partition coefficient (Wildman–Crippen LogP) is 5.90. The maximum Gasteiger partial charge on any atom is 0.391 e. The normalized spacial score (nSPS) is 23.6. The molecule has 0 heterocycles. The highest BCUT2D eigenvalue weighted by atomic mass is 32.2. The van der Waals surface area contributed by atoms with E-state index in [0.29, 0.717) is 0 Å². The zero-order valence-electron chi connectivity index (χ0n) is 17.5. The molecule has 0 amide bonds. The van der Waals surface area contributed by atoms with E-state index in [1.165, 1.54) is 0 Å². The molecule has 0 spiro atoms. The topological polar surface area (TPSA) is 71.4 Å². The van der Waals surface area contributed by atoms with Crippen LogP contribution in [0.4, 0.5) is 22.0 Å². The molecule has 1 aliphatic carbocycles. The summed E-state index contributed by atoms with van der Waals surface area (Å²) in [6.07, 6.45) is -3.73. The lowest BCUT2D eigenvalue weighted by atomic mass is 9.76. The van der Waals surface area contributed by atoms with Crippen LogP contribution >= 0.6 is 0 Å². The van der Waals surface area contributed by atoms with Crippen molar-refractivity contribution in [1.29, 1.82) is 0 Å². The highest BCUT2D eigenvalue weighted by Gasteiger charge is 2.50. The number of aliphatic carboxylic acids is 1. The molecule has 0 saturated heterocycles. The monoisotopic (exact) mass is 480 g/mol. The van der Waals surface area contributed by atoms with Crippen LogP contribution in [0, 0.1) is 23.5 Å². The van der Waals surface area contributed by atoms with Gasteiger partial charge in [-0.1, -0.05) is 25.7 Å². The Morgan fingerprint density at radius 2 is 1.88 bits per heavy atom. The lowest BCUT2D eigenvalue weighted by Crippen LogP contribution is -2.41. The van der Waals surface area contributed by atoms with Gasteiger partial charge >= 0.3 is 12.1 Å². The van der Waals surface area contributed by atoms with E-state index in [-0.39, 0.29) is 38.0 Å². The largest absolute Gasteiger partial charge is 0.481 e. The summed E-state index contributed by atoms with van der Waals surface area (Å²) in [5, 5.41) is 9.03. The molecule has 1 aromatic rings. The van der Waals surface area contributed by atoms with Crippen LogP contribution in [0.3, 0.4) is 0 Å². The quantitative estimate of drug-likeness (QED) is 0.372. The molecule has 1 aliphatic rings. The number of sulfone groups is 1. The SMILES string of the molecule is C=C/C(=C\CC(C)C(F)(F)F)S(=O)(=O)C1(c2cc(F)ccc2F)CCC(CC(=O)O)CC1. The van der Waals surface area contributed by atoms with Crippen molar-refractivity contribution in [2.24, 2.45) is 11.8 Å². The van der Waals surface area contributed by atoms with E-state index in [1.54, 1.807) is 0 Å². The van der Waals surface area contributed by atoms with E-state index < -0.39 is 61.2 Å². The molecule has 178 valence electrons. The Hall–Kier alpha value is -2.23. The van der Waals surface area contributed by atoms with E-state index in [4.69, 9.17) is 5.11 Å². The third-order valence-electron chi connectivity index (χ3n) is 6.05. The van der Waals surface area contributed by atoms with Gasteiger partial charge in [0.1, 0.15) is 16.4 Å². The third kappa shape index (κ3) is 5.39. The second-order valence-electron chi connectivity index (χ2n) is 8.15. The molecule has 1 aromatic carbocycles. The van der Waals surface area contributed by atoms with E-state index in [0.717, 1.165) is 37.3 Å². The van der Waals surface area contributed by atoms with Crippen molar-refractivity contribution >= 4 is 15.8 Å². The van der Waals surface area contributed by atoms with Crippen molar-refractivity contribution in [3.05, 3.63) is 59.0 Å². The maximum atomic E-state index is 14.8. The lowest BCUT2D eigenvalue weighted by molar-refractivity contribution is -0.168. The van der Waals surface area contributed by atoms with Crippen molar-refractivity contribution < 1.29 is 40.3 Å². The van der Waals surface area contributed by atoms with E-state index in [1.807, 2.05) is 0 Å².